The van der Waals surface area contributed by atoms with Crippen LogP contribution in [-0.4, -0.2) is 55.2 Å². The van der Waals surface area contributed by atoms with Gasteiger partial charge in [0.05, 0.1) is 5.56 Å². The van der Waals surface area contributed by atoms with Crippen LogP contribution < -0.4 is 16.0 Å². The van der Waals surface area contributed by atoms with Crippen molar-refractivity contribution in [1.29, 1.82) is 0 Å². The van der Waals surface area contributed by atoms with Gasteiger partial charge in [-0.3, -0.25) is 9.69 Å². The molecule has 0 aliphatic carbocycles. The molecule has 0 saturated carbocycles. The standard InChI is InChI=1S/C19H24N4O2/c20-19(25)17-3-1-2-4-18(17)21-9-10-22-11-13-23(14-12-22)15-5-7-16(24)8-6-15/h1-8,21,24H,9-14H2,(H2,20,25). The van der Waals surface area contributed by atoms with Crippen LogP contribution in [0.25, 0.3) is 0 Å². The SMILES string of the molecule is NC(=O)c1ccccc1NCCN1CCN(c2ccc(O)cc2)CC1. The molecule has 132 valence electrons. The molecule has 4 N–H and O–H groups in total. The summed E-state index contributed by atoms with van der Waals surface area (Å²) in [7, 11) is 0. The number of phenols is 1. The summed E-state index contributed by atoms with van der Waals surface area (Å²) in [6.07, 6.45) is 0. The maximum atomic E-state index is 11.4. The first-order valence-electron chi connectivity index (χ1n) is 8.52. The summed E-state index contributed by atoms with van der Waals surface area (Å²) in [6, 6.07) is 14.7. The molecule has 0 atom stereocenters. The Morgan fingerprint density at radius 2 is 1.72 bits per heavy atom. The zero-order valence-electron chi connectivity index (χ0n) is 14.2. The molecule has 0 unspecified atom stereocenters. The molecular weight excluding hydrogens is 316 g/mol. The lowest BCUT2D eigenvalue weighted by molar-refractivity contribution is 0.100. The molecule has 2 aromatic rings. The summed E-state index contributed by atoms with van der Waals surface area (Å²) >= 11 is 0. The summed E-state index contributed by atoms with van der Waals surface area (Å²) in [5, 5.41) is 12.7. The fraction of sp³-hybridized carbons (Fsp3) is 0.316. The molecule has 1 aliphatic heterocycles. The van der Waals surface area contributed by atoms with Gasteiger partial charge in [0, 0.05) is 50.6 Å². The first-order valence-corrected chi connectivity index (χ1v) is 8.52. The van der Waals surface area contributed by atoms with E-state index in [0.29, 0.717) is 11.3 Å². The lowest BCUT2D eigenvalue weighted by Gasteiger charge is -2.36. The summed E-state index contributed by atoms with van der Waals surface area (Å²) < 4.78 is 0. The smallest absolute Gasteiger partial charge is 0.250 e. The van der Waals surface area contributed by atoms with Crippen molar-refractivity contribution in [2.24, 2.45) is 5.73 Å². The molecule has 1 heterocycles. The topological polar surface area (TPSA) is 81.8 Å². The number of carbonyl (C=O) groups excluding carboxylic acids is 1. The molecule has 3 rings (SSSR count). The highest BCUT2D eigenvalue weighted by Gasteiger charge is 2.17. The Morgan fingerprint density at radius 1 is 1.04 bits per heavy atom. The van der Waals surface area contributed by atoms with Gasteiger partial charge in [-0.15, -0.1) is 0 Å². The molecule has 1 saturated heterocycles. The van der Waals surface area contributed by atoms with Gasteiger partial charge >= 0.3 is 0 Å². The van der Waals surface area contributed by atoms with Crippen LogP contribution in [0.4, 0.5) is 11.4 Å². The van der Waals surface area contributed by atoms with Crippen LogP contribution in [0.15, 0.2) is 48.5 Å². The summed E-state index contributed by atoms with van der Waals surface area (Å²) in [6.45, 7) is 5.57. The zero-order valence-corrected chi connectivity index (χ0v) is 14.2. The molecule has 0 radical (unpaired) electrons. The van der Waals surface area contributed by atoms with Crippen molar-refractivity contribution in [2.45, 2.75) is 0 Å². The van der Waals surface area contributed by atoms with Crippen molar-refractivity contribution >= 4 is 17.3 Å². The van der Waals surface area contributed by atoms with Crippen molar-refractivity contribution in [3.63, 3.8) is 0 Å². The predicted molar refractivity (Wildman–Crippen MR) is 100 cm³/mol. The van der Waals surface area contributed by atoms with Gasteiger partial charge in [0.25, 0.3) is 5.91 Å². The van der Waals surface area contributed by atoms with E-state index in [9.17, 15) is 9.90 Å². The Kier molecular flexibility index (Phi) is 5.40. The number of hydrogen-bond donors (Lipinski definition) is 3. The van der Waals surface area contributed by atoms with Crippen molar-refractivity contribution in [3.05, 3.63) is 54.1 Å². The second-order valence-electron chi connectivity index (χ2n) is 6.18. The number of carbonyl (C=O) groups is 1. The zero-order chi connectivity index (χ0) is 17.6. The minimum atomic E-state index is -0.411. The van der Waals surface area contributed by atoms with Crippen LogP contribution >= 0.6 is 0 Å². The van der Waals surface area contributed by atoms with Gasteiger partial charge in [-0.25, -0.2) is 0 Å². The van der Waals surface area contributed by atoms with E-state index in [1.54, 1.807) is 18.2 Å². The highest BCUT2D eigenvalue weighted by atomic mass is 16.3. The molecule has 25 heavy (non-hydrogen) atoms. The number of phenolic OH excluding ortho intramolecular Hbond substituents is 1. The second kappa shape index (κ2) is 7.90. The number of aromatic hydroxyl groups is 1. The number of para-hydroxylation sites is 1. The van der Waals surface area contributed by atoms with E-state index in [4.69, 9.17) is 5.73 Å². The van der Waals surface area contributed by atoms with Crippen molar-refractivity contribution < 1.29 is 9.90 Å². The predicted octanol–water partition coefficient (Wildman–Crippen LogP) is 1.73. The third-order valence-corrected chi connectivity index (χ3v) is 4.52. The molecule has 6 nitrogen and oxygen atoms in total. The first kappa shape index (κ1) is 17.1. The minimum Gasteiger partial charge on any atom is -0.508 e. The minimum absolute atomic E-state index is 0.296. The number of nitrogens with zero attached hydrogens (tertiary/aromatic N) is 2. The quantitative estimate of drug-likeness (QED) is 0.746. The Labute approximate surface area is 147 Å². The van der Waals surface area contributed by atoms with E-state index < -0.39 is 5.91 Å². The van der Waals surface area contributed by atoms with Gasteiger partial charge in [-0.2, -0.15) is 0 Å². The summed E-state index contributed by atoms with van der Waals surface area (Å²) in [4.78, 5) is 16.2. The monoisotopic (exact) mass is 340 g/mol. The third kappa shape index (κ3) is 4.42. The van der Waals surface area contributed by atoms with Crippen molar-refractivity contribution in [3.8, 4) is 5.75 Å². The first-order chi connectivity index (χ1) is 12.1. The third-order valence-electron chi connectivity index (χ3n) is 4.52. The van der Waals surface area contributed by atoms with Gasteiger partial charge < -0.3 is 21.1 Å². The number of nitrogens with one attached hydrogen (secondary N) is 1. The van der Waals surface area contributed by atoms with Crippen LogP contribution in [0.1, 0.15) is 10.4 Å². The van der Waals surface area contributed by atoms with Gasteiger partial charge in [-0.05, 0) is 36.4 Å². The van der Waals surface area contributed by atoms with E-state index in [0.717, 1.165) is 50.6 Å². The molecule has 0 bridgehead atoms. The number of amides is 1. The maximum Gasteiger partial charge on any atom is 0.250 e. The van der Waals surface area contributed by atoms with Gasteiger partial charge in [0.15, 0.2) is 0 Å². The Morgan fingerprint density at radius 3 is 2.40 bits per heavy atom. The highest BCUT2D eigenvalue weighted by molar-refractivity contribution is 5.98. The van der Waals surface area contributed by atoms with Crippen LogP contribution in [0.5, 0.6) is 5.75 Å². The molecular formula is C19H24N4O2. The highest BCUT2D eigenvalue weighted by Crippen LogP contribution is 2.20. The normalized spacial score (nSPS) is 15.1. The van der Waals surface area contributed by atoms with E-state index in [2.05, 4.69) is 15.1 Å². The molecule has 1 amide bonds. The summed E-state index contributed by atoms with van der Waals surface area (Å²) in [5.74, 6) is -0.115. The number of piperazine rings is 1. The number of anilines is 2. The van der Waals surface area contributed by atoms with E-state index >= 15 is 0 Å². The molecule has 6 heteroatoms. The molecule has 0 aromatic heterocycles. The van der Waals surface area contributed by atoms with E-state index in [1.165, 1.54) is 0 Å². The number of rotatable bonds is 6. The second-order valence-corrected chi connectivity index (χ2v) is 6.18. The van der Waals surface area contributed by atoms with Crippen molar-refractivity contribution in [2.75, 3.05) is 49.5 Å². The Balaban J connectivity index is 1.45. The van der Waals surface area contributed by atoms with Crippen LogP contribution in [-0.2, 0) is 0 Å². The van der Waals surface area contributed by atoms with Gasteiger partial charge in [-0.1, -0.05) is 12.1 Å². The summed E-state index contributed by atoms with van der Waals surface area (Å²) in [5.41, 5.74) is 7.86. The van der Waals surface area contributed by atoms with Crippen molar-refractivity contribution in [1.82, 2.24) is 4.90 Å². The van der Waals surface area contributed by atoms with Crippen LogP contribution in [0, 0.1) is 0 Å². The molecule has 0 spiro atoms. The van der Waals surface area contributed by atoms with Gasteiger partial charge in [0.2, 0.25) is 0 Å². The molecule has 2 aromatic carbocycles. The van der Waals surface area contributed by atoms with E-state index in [-0.39, 0.29) is 0 Å². The Hall–Kier alpha value is -2.73. The van der Waals surface area contributed by atoms with Gasteiger partial charge in [0.1, 0.15) is 5.75 Å². The fourth-order valence-corrected chi connectivity index (χ4v) is 3.09. The average molecular weight is 340 g/mol. The number of hydrogen-bond acceptors (Lipinski definition) is 5. The van der Waals surface area contributed by atoms with Crippen LogP contribution in [0.3, 0.4) is 0 Å². The molecule has 1 aliphatic rings. The number of primary amides is 1. The maximum absolute atomic E-state index is 11.4. The molecule has 1 fully saturated rings. The fourth-order valence-electron chi connectivity index (χ4n) is 3.09. The lowest BCUT2D eigenvalue weighted by atomic mass is 10.1. The Bertz CT molecular complexity index is 710. The average Bonchev–Trinajstić information content (AvgIpc) is 2.63. The number of benzene rings is 2. The van der Waals surface area contributed by atoms with Crippen LogP contribution in [0.2, 0.25) is 0 Å². The largest absolute Gasteiger partial charge is 0.508 e. The lowest BCUT2D eigenvalue weighted by Crippen LogP contribution is -2.47. The number of nitrogens with two attached hydrogens (primary N) is 1. The van der Waals surface area contributed by atoms with E-state index in [1.807, 2.05) is 30.3 Å².